The van der Waals surface area contributed by atoms with Crippen LogP contribution in [0.2, 0.25) is 0 Å². The summed E-state index contributed by atoms with van der Waals surface area (Å²) in [4.78, 5) is 23.1. The summed E-state index contributed by atoms with van der Waals surface area (Å²) in [7, 11) is 5.59. The van der Waals surface area contributed by atoms with Gasteiger partial charge < -0.3 is 15.0 Å². The van der Waals surface area contributed by atoms with E-state index < -0.39 is 0 Å². The third kappa shape index (κ3) is 6.03. The lowest BCUT2D eigenvalue weighted by atomic mass is 10.1. The van der Waals surface area contributed by atoms with Crippen molar-refractivity contribution in [3.63, 3.8) is 0 Å². The summed E-state index contributed by atoms with van der Waals surface area (Å²) in [6.45, 7) is 4.62. The predicted octanol–water partition coefficient (Wildman–Crippen LogP) is 4.15. The summed E-state index contributed by atoms with van der Waals surface area (Å²) in [5, 5.41) is 2.96. The zero-order chi connectivity index (χ0) is 20.5. The molecule has 0 unspecified atom stereocenters. The van der Waals surface area contributed by atoms with E-state index in [-0.39, 0.29) is 11.9 Å². The van der Waals surface area contributed by atoms with Crippen LogP contribution in [0.3, 0.4) is 0 Å². The molecule has 2 aromatic carbocycles. The minimum Gasteiger partial charge on any atom is -0.424 e. The highest BCUT2D eigenvalue weighted by molar-refractivity contribution is 6.05. The zero-order valence-electron chi connectivity index (χ0n) is 17.2. The van der Waals surface area contributed by atoms with Crippen LogP contribution in [-0.2, 0) is 6.54 Å². The molecule has 0 heterocycles. The molecule has 0 saturated heterocycles. The smallest absolute Gasteiger partial charge is 0.316 e. The van der Waals surface area contributed by atoms with Gasteiger partial charge in [0.1, 0.15) is 5.75 Å². The van der Waals surface area contributed by atoms with Crippen LogP contribution in [0.15, 0.2) is 52.4 Å². The van der Waals surface area contributed by atoms with E-state index in [1.165, 1.54) is 0 Å². The lowest BCUT2D eigenvalue weighted by Gasteiger charge is -2.15. The van der Waals surface area contributed by atoms with Gasteiger partial charge in [-0.05, 0) is 50.7 Å². The Labute approximate surface area is 167 Å². The molecule has 0 fully saturated rings. The number of nitrogens with zero attached hydrogens (tertiary/aromatic N) is 3. The minimum atomic E-state index is -0.152. The molecule has 6 heteroatoms. The van der Waals surface area contributed by atoms with Crippen LogP contribution in [0.4, 0.5) is 5.69 Å². The normalized spacial score (nSPS) is 11.9. The number of amidine groups is 1. The number of rotatable bonds is 6. The van der Waals surface area contributed by atoms with Gasteiger partial charge >= 0.3 is 6.02 Å². The fourth-order valence-corrected chi connectivity index (χ4v) is 2.60. The van der Waals surface area contributed by atoms with E-state index in [2.05, 4.69) is 15.3 Å². The number of carbonyl (C=O) groups excluding carboxylic acids is 1. The molecule has 0 aliphatic heterocycles. The Hall–Kier alpha value is -2.99. The number of ether oxygens (including phenoxy) is 1. The number of benzene rings is 2. The summed E-state index contributed by atoms with van der Waals surface area (Å²) in [6.07, 6.45) is 2.54. The topological polar surface area (TPSA) is 66.3 Å². The number of nitrogens with one attached hydrogen (secondary N) is 1. The van der Waals surface area contributed by atoms with E-state index >= 15 is 0 Å². The number of aliphatic imine (C=N–C) groups is 2. The van der Waals surface area contributed by atoms with Gasteiger partial charge in [0.25, 0.3) is 5.91 Å². The van der Waals surface area contributed by atoms with Crippen molar-refractivity contribution in [2.45, 2.75) is 26.8 Å². The molecule has 0 bridgehead atoms. The lowest BCUT2D eigenvalue weighted by molar-refractivity contribution is 0.102. The zero-order valence-corrected chi connectivity index (χ0v) is 17.2. The first-order valence-corrected chi connectivity index (χ1v) is 9.26. The average Bonchev–Trinajstić information content (AvgIpc) is 2.67. The fraction of sp³-hybridized carbons (Fsp3) is 0.318. The molecule has 1 amide bonds. The number of anilines is 1. The Morgan fingerprint density at radius 1 is 1.21 bits per heavy atom. The van der Waals surface area contributed by atoms with Gasteiger partial charge in [0.15, 0.2) is 0 Å². The Morgan fingerprint density at radius 2 is 1.96 bits per heavy atom. The molecular weight excluding hydrogens is 352 g/mol. The van der Waals surface area contributed by atoms with Gasteiger partial charge in [-0.2, -0.15) is 0 Å². The van der Waals surface area contributed by atoms with Crippen molar-refractivity contribution in [3.8, 4) is 5.75 Å². The predicted molar refractivity (Wildman–Crippen MR) is 116 cm³/mol. The third-order valence-electron chi connectivity index (χ3n) is 3.97. The Bertz CT molecular complexity index is 873. The monoisotopic (exact) mass is 380 g/mol. The summed E-state index contributed by atoms with van der Waals surface area (Å²) < 4.78 is 5.79. The number of amides is 1. The van der Waals surface area contributed by atoms with Crippen molar-refractivity contribution in [1.82, 2.24) is 4.90 Å². The van der Waals surface area contributed by atoms with E-state index in [0.29, 0.717) is 23.5 Å². The third-order valence-corrected chi connectivity index (χ3v) is 3.97. The summed E-state index contributed by atoms with van der Waals surface area (Å²) in [5.41, 5.74) is 3.21. The van der Waals surface area contributed by atoms with Crippen molar-refractivity contribution in [1.29, 1.82) is 0 Å². The van der Waals surface area contributed by atoms with Crippen molar-refractivity contribution in [2.24, 2.45) is 9.98 Å². The minimum absolute atomic E-state index is 0.152. The Kier molecular flexibility index (Phi) is 7.89. The largest absolute Gasteiger partial charge is 0.424 e. The fourth-order valence-electron chi connectivity index (χ4n) is 2.60. The molecule has 0 aliphatic carbocycles. The second-order valence-electron chi connectivity index (χ2n) is 6.66. The van der Waals surface area contributed by atoms with Crippen LogP contribution < -0.4 is 10.1 Å². The SMILES string of the molecule is CC/C=N\C(=NC)Oc1cc(NC(=O)c2ccccc2CN(C)C)ccc1C. The second kappa shape index (κ2) is 10.4. The maximum Gasteiger partial charge on any atom is 0.316 e. The molecule has 0 saturated carbocycles. The molecular formula is C22H28N4O2. The summed E-state index contributed by atoms with van der Waals surface area (Å²) in [6, 6.07) is 13.4. The average molecular weight is 380 g/mol. The van der Waals surface area contributed by atoms with Crippen LogP contribution in [0.25, 0.3) is 0 Å². The number of hydrogen-bond acceptors (Lipinski definition) is 4. The van der Waals surface area contributed by atoms with E-state index in [4.69, 9.17) is 4.74 Å². The molecule has 2 aromatic rings. The highest BCUT2D eigenvalue weighted by Crippen LogP contribution is 2.24. The standard InChI is InChI=1S/C22H28N4O2/c1-6-13-24-22(23-3)28-20-14-18(12-11-16(20)2)25-21(27)19-10-8-7-9-17(19)15-26(4)5/h7-14H,6,15H2,1-5H3,(H,25,27)/b23-22?,24-13-. The molecule has 0 aromatic heterocycles. The van der Waals surface area contributed by atoms with E-state index in [1.807, 2.05) is 69.2 Å². The van der Waals surface area contributed by atoms with Crippen LogP contribution in [0.1, 0.15) is 34.8 Å². The molecule has 1 N–H and O–H groups in total. The first kappa shape index (κ1) is 21.3. The summed E-state index contributed by atoms with van der Waals surface area (Å²) >= 11 is 0. The van der Waals surface area contributed by atoms with E-state index in [1.54, 1.807) is 19.3 Å². The lowest BCUT2D eigenvalue weighted by Crippen LogP contribution is -2.18. The van der Waals surface area contributed by atoms with Gasteiger partial charge in [0.2, 0.25) is 0 Å². The molecule has 148 valence electrons. The number of aryl methyl sites for hydroxylation is 1. The summed E-state index contributed by atoms with van der Waals surface area (Å²) in [5.74, 6) is 0.453. The molecule has 0 spiro atoms. The van der Waals surface area contributed by atoms with Gasteiger partial charge in [-0.15, -0.1) is 0 Å². The molecule has 0 radical (unpaired) electrons. The Morgan fingerprint density at radius 3 is 2.64 bits per heavy atom. The number of carbonyl (C=O) groups is 1. The highest BCUT2D eigenvalue weighted by atomic mass is 16.5. The first-order valence-electron chi connectivity index (χ1n) is 9.26. The molecule has 0 aliphatic rings. The Balaban J connectivity index is 2.21. The van der Waals surface area contributed by atoms with E-state index in [9.17, 15) is 4.79 Å². The quantitative estimate of drug-likeness (QED) is 0.605. The maximum atomic E-state index is 12.8. The van der Waals surface area contributed by atoms with Gasteiger partial charge in [-0.25, -0.2) is 9.98 Å². The molecule has 2 rings (SSSR count). The van der Waals surface area contributed by atoms with Crippen molar-refractivity contribution in [2.75, 3.05) is 26.5 Å². The van der Waals surface area contributed by atoms with Crippen LogP contribution >= 0.6 is 0 Å². The van der Waals surface area contributed by atoms with Crippen molar-refractivity contribution in [3.05, 3.63) is 59.2 Å². The van der Waals surface area contributed by atoms with Gasteiger partial charge in [-0.3, -0.25) is 4.79 Å². The maximum absolute atomic E-state index is 12.8. The molecule has 28 heavy (non-hydrogen) atoms. The highest BCUT2D eigenvalue weighted by Gasteiger charge is 2.13. The van der Waals surface area contributed by atoms with Gasteiger partial charge in [0, 0.05) is 37.1 Å². The van der Waals surface area contributed by atoms with Crippen molar-refractivity contribution < 1.29 is 9.53 Å². The second-order valence-corrected chi connectivity index (χ2v) is 6.66. The van der Waals surface area contributed by atoms with Crippen LogP contribution in [-0.4, -0.2) is 44.2 Å². The molecule has 6 nitrogen and oxygen atoms in total. The van der Waals surface area contributed by atoms with Crippen LogP contribution in [0.5, 0.6) is 5.75 Å². The van der Waals surface area contributed by atoms with Gasteiger partial charge in [-0.1, -0.05) is 31.2 Å². The van der Waals surface area contributed by atoms with E-state index in [0.717, 1.165) is 17.5 Å². The van der Waals surface area contributed by atoms with Crippen LogP contribution in [0, 0.1) is 6.92 Å². The van der Waals surface area contributed by atoms with Gasteiger partial charge in [0.05, 0.1) is 0 Å². The van der Waals surface area contributed by atoms with Crippen molar-refractivity contribution >= 4 is 23.8 Å². The molecule has 0 atom stereocenters. The number of hydrogen-bond donors (Lipinski definition) is 1. The first-order chi connectivity index (χ1) is 13.4.